The number of fused-ring (bicyclic) bond motifs is 3. The summed E-state index contributed by atoms with van der Waals surface area (Å²) in [6.07, 6.45) is -0.122. The highest BCUT2D eigenvalue weighted by Crippen LogP contribution is 2.41. The average molecular weight is 373 g/mol. The molecule has 0 spiro atoms. The largest absolute Gasteiger partial charge is 0.489 e. The fraction of sp³-hybridized carbons (Fsp3) is 0.471. The van der Waals surface area contributed by atoms with Crippen LogP contribution in [-0.2, 0) is 15.9 Å². The van der Waals surface area contributed by atoms with Gasteiger partial charge in [-0.2, -0.15) is 0 Å². The van der Waals surface area contributed by atoms with Gasteiger partial charge in [-0.1, -0.05) is 6.07 Å². The summed E-state index contributed by atoms with van der Waals surface area (Å²) in [6, 6.07) is 4.91. The first-order valence-corrected chi connectivity index (χ1v) is 8.09. The number of aromatic amines is 1. The molecule has 1 aromatic heterocycles. The van der Waals surface area contributed by atoms with Gasteiger partial charge in [-0.3, -0.25) is 4.79 Å². The Kier molecular flexibility index (Phi) is 5.67. The zero-order valence-corrected chi connectivity index (χ0v) is 13.9. The van der Waals surface area contributed by atoms with E-state index in [9.17, 15) is 18.0 Å². The molecule has 0 atom stereocenters. The molecule has 0 unspecified atom stereocenters. The van der Waals surface area contributed by atoms with Gasteiger partial charge in [0, 0.05) is 5.39 Å². The van der Waals surface area contributed by atoms with Gasteiger partial charge in [-0.25, -0.2) is 13.2 Å². The second kappa shape index (κ2) is 7.96. The standard InChI is InChI=1S/C17H18F3NO5/c18-4-7-23-13-3-1-2-11-14(13)21-16(22)12-10-17(24-8-5-19,25-9-6-20)26-15(11)12/h1-3H,4-10H2,(H,21,22). The summed E-state index contributed by atoms with van der Waals surface area (Å²) in [6.45, 7) is -3.10. The van der Waals surface area contributed by atoms with Crippen molar-refractivity contribution in [2.24, 2.45) is 0 Å². The summed E-state index contributed by atoms with van der Waals surface area (Å²) in [5.74, 6) is -1.29. The first-order chi connectivity index (χ1) is 12.6. The lowest BCUT2D eigenvalue weighted by atomic mass is 10.1. The van der Waals surface area contributed by atoms with Gasteiger partial charge < -0.3 is 23.9 Å². The lowest BCUT2D eigenvalue weighted by Crippen LogP contribution is -2.42. The summed E-state index contributed by atoms with van der Waals surface area (Å²) in [7, 11) is 0. The Bertz CT molecular complexity index is 818. The van der Waals surface area contributed by atoms with Crippen LogP contribution in [-0.4, -0.2) is 50.8 Å². The monoisotopic (exact) mass is 373 g/mol. The Balaban J connectivity index is 2.03. The Labute approximate surface area is 146 Å². The molecule has 6 nitrogen and oxygen atoms in total. The third-order valence-electron chi connectivity index (χ3n) is 3.84. The molecule has 1 aliphatic rings. The van der Waals surface area contributed by atoms with E-state index in [-0.39, 0.29) is 43.3 Å². The van der Waals surface area contributed by atoms with Crippen molar-refractivity contribution in [3.63, 3.8) is 0 Å². The van der Waals surface area contributed by atoms with Crippen molar-refractivity contribution in [1.29, 1.82) is 0 Å². The van der Waals surface area contributed by atoms with E-state index < -0.39 is 31.6 Å². The van der Waals surface area contributed by atoms with Crippen molar-refractivity contribution < 1.29 is 32.1 Å². The lowest BCUT2D eigenvalue weighted by Gasteiger charge is -2.27. The highest BCUT2D eigenvalue weighted by Gasteiger charge is 2.45. The number of hydrogen-bond acceptors (Lipinski definition) is 5. The van der Waals surface area contributed by atoms with Crippen LogP contribution in [0.1, 0.15) is 5.56 Å². The van der Waals surface area contributed by atoms with Crippen molar-refractivity contribution in [2.75, 3.05) is 39.8 Å². The minimum atomic E-state index is -1.77. The molecule has 9 heteroatoms. The van der Waals surface area contributed by atoms with Crippen LogP contribution < -0.4 is 15.0 Å². The number of halogens is 3. The van der Waals surface area contributed by atoms with E-state index in [2.05, 4.69) is 4.98 Å². The molecule has 0 saturated heterocycles. The van der Waals surface area contributed by atoms with Crippen LogP contribution in [0.4, 0.5) is 13.2 Å². The van der Waals surface area contributed by atoms with Crippen LogP contribution in [0.5, 0.6) is 11.5 Å². The lowest BCUT2D eigenvalue weighted by molar-refractivity contribution is -0.334. The molecular formula is C17H18F3NO5. The van der Waals surface area contributed by atoms with Crippen LogP contribution in [0.15, 0.2) is 23.0 Å². The average Bonchev–Trinajstić information content (AvgIpc) is 3.04. The molecule has 2 aromatic rings. The number of nitrogens with one attached hydrogen (secondary N) is 1. The highest BCUT2D eigenvalue weighted by molar-refractivity contribution is 5.91. The molecule has 1 N–H and O–H groups in total. The SMILES string of the molecule is O=c1[nH]c2c(OCCF)cccc2c2c1CC(OCCF)(OCCF)O2. The first kappa shape index (κ1) is 18.5. The first-order valence-electron chi connectivity index (χ1n) is 8.09. The number of rotatable bonds is 9. The van der Waals surface area contributed by atoms with Crippen molar-refractivity contribution in [3.05, 3.63) is 34.1 Å². The highest BCUT2D eigenvalue weighted by atomic mass is 19.1. The predicted molar refractivity (Wildman–Crippen MR) is 87.0 cm³/mol. The summed E-state index contributed by atoms with van der Waals surface area (Å²) in [4.78, 5) is 15.1. The van der Waals surface area contributed by atoms with Gasteiger partial charge in [-0.05, 0) is 12.1 Å². The Morgan fingerprint density at radius 2 is 1.77 bits per heavy atom. The van der Waals surface area contributed by atoms with Crippen LogP contribution >= 0.6 is 0 Å². The quantitative estimate of drug-likeness (QED) is 0.684. The van der Waals surface area contributed by atoms with E-state index in [1.807, 2.05) is 0 Å². The molecule has 3 rings (SSSR count). The smallest absolute Gasteiger partial charge is 0.331 e. The van der Waals surface area contributed by atoms with Crippen LogP contribution in [0.25, 0.3) is 10.9 Å². The normalized spacial score (nSPS) is 15.0. The Hall–Kier alpha value is -2.26. The maximum atomic E-state index is 12.5. The predicted octanol–water partition coefficient (Wildman–Crippen LogP) is 2.44. The molecule has 0 radical (unpaired) electrons. The summed E-state index contributed by atoms with van der Waals surface area (Å²) >= 11 is 0. The van der Waals surface area contributed by atoms with Gasteiger partial charge in [0.2, 0.25) is 0 Å². The second-order valence-corrected chi connectivity index (χ2v) is 5.51. The minimum Gasteiger partial charge on any atom is -0.489 e. The minimum absolute atomic E-state index is 0.122. The molecule has 0 bridgehead atoms. The van der Waals surface area contributed by atoms with Crippen LogP contribution in [0.3, 0.4) is 0 Å². The van der Waals surface area contributed by atoms with E-state index in [4.69, 9.17) is 18.9 Å². The molecule has 2 heterocycles. The van der Waals surface area contributed by atoms with Gasteiger partial charge >= 0.3 is 5.97 Å². The molecule has 1 aromatic carbocycles. The zero-order valence-electron chi connectivity index (χ0n) is 13.9. The zero-order chi connectivity index (χ0) is 18.6. The third kappa shape index (κ3) is 3.49. The molecular weight excluding hydrogens is 355 g/mol. The maximum absolute atomic E-state index is 12.5. The van der Waals surface area contributed by atoms with Gasteiger partial charge in [0.15, 0.2) is 0 Å². The van der Waals surface area contributed by atoms with Gasteiger partial charge in [0.05, 0.1) is 30.7 Å². The van der Waals surface area contributed by atoms with Crippen molar-refractivity contribution in [1.82, 2.24) is 4.98 Å². The number of para-hydroxylation sites is 1. The van der Waals surface area contributed by atoms with Crippen molar-refractivity contribution in [3.8, 4) is 11.5 Å². The number of pyridine rings is 1. The van der Waals surface area contributed by atoms with Gasteiger partial charge in [-0.15, -0.1) is 0 Å². The molecule has 0 saturated carbocycles. The van der Waals surface area contributed by atoms with Crippen LogP contribution in [0.2, 0.25) is 0 Å². The molecule has 1 aliphatic heterocycles. The Morgan fingerprint density at radius 1 is 1.08 bits per heavy atom. The van der Waals surface area contributed by atoms with E-state index >= 15 is 0 Å². The number of benzene rings is 1. The fourth-order valence-corrected chi connectivity index (χ4v) is 2.85. The van der Waals surface area contributed by atoms with Gasteiger partial charge in [0.1, 0.15) is 38.1 Å². The number of H-pyrrole nitrogens is 1. The van der Waals surface area contributed by atoms with Crippen molar-refractivity contribution in [2.45, 2.75) is 12.4 Å². The number of ether oxygens (including phenoxy) is 4. The van der Waals surface area contributed by atoms with Crippen LogP contribution in [0, 0.1) is 0 Å². The topological polar surface area (TPSA) is 69.8 Å². The van der Waals surface area contributed by atoms with E-state index in [0.717, 1.165) is 0 Å². The number of alkyl halides is 3. The Morgan fingerprint density at radius 3 is 2.42 bits per heavy atom. The third-order valence-corrected chi connectivity index (χ3v) is 3.84. The van der Waals surface area contributed by atoms with Gasteiger partial charge in [0.25, 0.3) is 5.56 Å². The molecule has 0 fully saturated rings. The molecule has 26 heavy (non-hydrogen) atoms. The summed E-state index contributed by atoms with van der Waals surface area (Å²) in [5.41, 5.74) is 0.0905. The van der Waals surface area contributed by atoms with E-state index in [1.165, 1.54) is 0 Å². The van der Waals surface area contributed by atoms with E-state index in [1.54, 1.807) is 18.2 Å². The summed E-state index contributed by atoms with van der Waals surface area (Å²) in [5, 5.41) is 0.491. The van der Waals surface area contributed by atoms with E-state index in [0.29, 0.717) is 10.9 Å². The maximum Gasteiger partial charge on any atom is 0.331 e. The number of hydrogen-bond donors (Lipinski definition) is 1. The second-order valence-electron chi connectivity index (χ2n) is 5.51. The fourth-order valence-electron chi connectivity index (χ4n) is 2.85. The van der Waals surface area contributed by atoms with Crippen molar-refractivity contribution >= 4 is 10.9 Å². The molecule has 0 amide bonds. The molecule has 142 valence electrons. The molecule has 0 aliphatic carbocycles. The number of aromatic nitrogens is 1. The summed E-state index contributed by atoms with van der Waals surface area (Å²) < 4.78 is 59.1.